The summed E-state index contributed by atoms with van der Waals surface area (Å²) in [6.45, 7) is 0. The van der Waals surface area contributed by atoms with Crippen molar-refractivity contribution >= 4 is 16.8 Å². The molecule has 0 radical (unpaired) electrons. The van der Waals surface area contributed by atoms with E-state index >= 15 is 0 Å². The molecule has 5 rings (SSSR count). The van der Waals surface area contributed by atoms with Crippen LogP contribution in [0.5, 0.6) is 23.0 Å². The van der Waals surface area contributed by atoms with Gasteiger partial charge < -0.3 is 23.7 Å². The maximum Gasteiger partial charge on any atom is 0.198 e. The number of aromatic hydroxyl groups is 1. The van der Waals surface area contributed by atoms with Gasteiger partial charge in [0, 0.05) is 39.8 Å². The van der Waals surface area contributed by atoms with E-state index in [-0.39, 0.29) is 17.1 Å². The summed E-state index contributed by atoms with van der Waals surface area (Å²) in [6, 6.07) is 14.1. The molecule has 150 valence electrons. The molecule has 0 atom stereocenters. The number of carbonyl (C=O) groups excluding carboxylic acids is 1. The van der Waals surface area contributed by atoms with E-state index in [0.29, 0.717) is 39.4 Å². The van der Waals surface area contributed by atoms with Gasteiger partial charge in [-0.25, -0.2) is 0 Å². The first-order valence-electron chi connectivity index (χ1n) is 9.30. The zero-order valence-corrected chi connectivity index (χ0v) is 16.6. The lowest BCUT2D eigenvalue weighted by Crippen LogP contribution is -2.10. The number of phenols is 1. The minimum atomic E-state index is -0.288. The van der Waals surface area contributed by atoms with Crippen molar-refractivity contribution in [2.24, 2.45) is 0 Å². The second-order valence-corrected chi connectivity index (χ2v) is 6.98. The van der Waals surface area contributed by atoms with Gasteiger partial charge in [-0.15, -0.1) is 0 Å². The molecule has 0 saturated heterocycles. The van der Waals surface area contributed by atoms with Crippen LogP contribution in [0.3, 0.4) is 0 Å². The molecule has 0 unspecified atom stereocenters. The SMILES string of the molecule is COc1ccc(-c2oc3cc(OC)cc4c3c2-c2cc(OC)cc(O)c2C4=O)cc1. The second kappa shape index (κ2) is 6.56. The van der Waals surface area contributed by atoms with Gasteiger partial charge >= 0.3 is 0 Å². The summed E-state index contributed by atoms with van der Waals surface area (Å²) >= 11 is 0. The average Bonchev–Trinajstić information content (AvgIpc) is 3.16. The van der Waals surface area contributed by atoms with Crippen LogP contribution in [0.15, 0.2) is 52.9 Å². The first-order chi connectivity index (χ1) is 14.5. The van der Waals surface area contributed by atoms with E-state index in [1.165, 1.54) is 20.3 Å². The van der Waals surface area contributed by atoms with Gasteiger partial charge in [0.2, 0.25) is 0 Å². The lowest BCUT2D eigenvalue weighted by molar-refractivity contribution is 0.103. The highest BCUT2D eigenvalue weighted by atomic mass is 16.5. The van der Waals surface area contributed by atoms with Gasteiger partial charge in [0.05, 0.1) is 26.9 Å². The quantitative estimate of drug-likeness (QED) is 0.454. The molecule has 0 fully saturated rings. The first kappa shape index (κ1) is 18.1. The molecule has 1 heterocycles. The van der Waals surface area contributed by atoms with Crippen LogP contribution < -0.4 is 14.2 Å². The largest absolute Gasteiger partial charge is 0.507 e. The molecule has 3 aromatic carbocycles. The van der Waals surface area contributed by atoms with Crippen LogP contribution in [0.1, 0.15) is 15.9 Å². The highest BCUT2D eigenvalue weighted by Gasteiger charge is 2.34. The molecular weight excluding hydrogens is 384 g/mol. The number of hydrogen-bond donors (Lipinski definition) is 1. The zero-order valence-electron chi connectivity index (χ0n) is 16.6. The van der Waals surface area contributed by atoms with Crippen molar-refractivity contribution in [3.63, 3.8) is 0 Å². The second-order valence-electron chi connectivity index (χ2n) is 6.98. The van der Waals surface area contributed by atoms with Crippen molar-refractivity contribution in [2.75, 3.05) is 21.3 Å². The van der Waals surface area contributed by atoms with Gasteiger partial charge in [0.25, 0.3) is 0 Å². The Bertz CT molecular complexity index is 1310. The summed E-state index contributed by atoms with van der Waals surface area (Å²) in [5, 5.41) is 11.3. The molecule has 0 saturated carbocycles. The van der Waals surface area contributed by atoms with Crippen molar-refractivity contribution in [3.8, 4) is 45.4 Å². The van der Waals surface area contributed by atoms with Crippen molar-refractivity contribution in [1.29, 1.82) is 0 Å². The number of ketones is 1. The fourth-order valence-corrected chi connectivity index (χ4v) is 3.99. The zero-order chi connectivity index (χ0) is 21.0. The molecule has 6 nitrogen and oxygen atoms in total. The highest BCUT2D eigenvalue weighted by molar-refractivity contribution is 6.28. The Kier molecular flexibility index (Phi) is 3.96. The standard InChI is InChI=1S/C24H18O6/c1-27-13-6-4-12(5-7-13)24-22-16-8-14(28-2)10-18(25)20(16)23(26)17-9-15(29-3)11-19(30-24)21(17)22/h4-11,25H,1-3H3. The molecule has 0 aliphatic heterocycles. The normalized spacial score (nSPS) is 12.0. The molecule has 1 aliphatic carbocycles. The van der Waals surface area contributed by atoms with Gasteiger partial charge in [-0.2, -0.15) is 0 Å². The Balaban J connectivity index is 1.91. The Morgan fingerprint density at radius 2 is 1.40 bits per heavy atom. The minimum Gasteiger partial charge on any atom is -0.507 e. The summed E-state index contributed by atoms with van der Waals surface area (Å²) in [5.74, 6) is 1.83. The molecule has 0 amide bonds. The van der Waals surface area contributed by atoms with Crippen LogP contribution in [0.25, 0.3) is 33.4 Å². The smallest absolute Gasteiger partial charge is 0.198 e. The molecule has 1 aliphatic rings. The molecule has 0 spiro atoms. The maximum absolute atomic E-state index is 13.3. The first-order valence-corrected chi connectivity index (χ1v) is 9.30. The average molecular weight is 402 g/mol. The maximum atomic E-state index is 13.3. The number of benzene rings is 3. The number of methoxy groups -OCH3 is 3. The molecule has 6 heteroatoms. The number of rotatable bonds is 4. The number of fused-ring (bicyclic) bond motifs is 2. The van der Waals surface area contributed by atoms with Gasteiger partial charge in [-0.05, 0) is 36.4 Å². The Hall–Kier alpha value is -3.93. The fraction of sp³-hybridized carbons (Fsp3) is 0.125. The van der Waals surface area contributed by atoms with E-state index in [1.54, 1.807) is 25.3 Å². The monoisotopic (exact) mass is 402 g/mol. The third-order valence-electron chi connectivity index (χ3n) is 5.42. The Morgan fingerprint density at radius 1 is 0.767 bits per heavy atom. The lowest BCUT2D eigenvalue weighted by atomic mass is 9.83. The highest BCUT2D eigenvalue weighted by Crippen LogP contribution is 2.51. The molecule has 0 bridgehead atoms. The summed E-state index contributed by atoms with van der Waals surface area (Å²) in [4.78, 5) is 13.3. The van der Waals surface area contributed by atoms with Gasteiger partial charge in [0.15, 0.2) is 5.78 Å². The summed E-state index contributed by atoms with van der Waals surface area (Å²) in [6.07, 6.45) is 0. The van der Waals surface area contributed by atoms with Crippen LogP contribution in [-0.4, -0.2) is 32.2 Å². The van der Waals surface area contributed by atoms with Crippen LogP contribution in [-0.2, 0) is 0 Å². The lowest BCUT2D eigenvalue weighted by Gasteiger charge is -2.19. The van der Waals surface area contributed by atoms with E-state index in [1.807, 2.05) is 24.3 Å². The van der Waals surface area contributed by atoms with E-state index in [0.717, 1.165) is 16.9 Å². The number of carbonyl (C=O) groups is 1. The van der Waals surface area contributed by atoms with Crippen LogP contribution >= 0.6 is 0 Å². The Morgan fingerprint density at radius 3 is 2.07 bits per heavy atom. The van der Waals surface area contributed by atoms with Crippen molar-refractivity contribution in [1.82, 2.24) is 0 Å². The molecule has 1 aromatic heterocycles. The van der Waals surface area contributed by atoms with Gasteiger partial charge in [-0.3, -0.25) is 4.79 Å². The van der Waals surface area contributed by atoms with Crippen LogP contribution in [0, 0.1) is 0 Å². The van der Waals surface area contributed by atoms with E-state index < -0.39 is 0 Å². The predicted octanol–water partition coefficient (Wildman–Crippen LogP) is 5.04. The topological polar surface area (TPSA) is 78.1 Å². The molecule has 30 heavy (non-hydrogen) atoms. The molecule has 4 aromatic rings. The van der Waals surface area contributed by atoms with Gasteiger partial charge in [0.1, 0.15) is 34.3 Å². The number of furan rings is 1. The third-order valence-corrected chi connectivity index (χ3v) is 5.42. The van der Waals surface area contributed by atoms with Crippen molar-refractivity contribution < 1.29 is 28.5 Å². The van der Waals surface area contributed by atoms with Gasteiger partial charge in [-0.1, -0.05) is 0 Å². The van der Waals surface area contributed by atoms with Crippen molar-refractivity contribution in [2.45, 2.75) is 0 Å². The van der Waals surface area contributed by atoms with Crippen LogP contribution in [0.4, 0.5) is 0 Å². The predicted molar refractivity (Wildman–Crippen MR) is 112 cm³/mol. The van der Waals surface area contributed by atoms with Crippen molar-refractivity contribution in [3.05, 3.63) is 59.7 Å². The number of ether oxygens (including phenoxy) is 3. The third kappa shape index (κ3) is 2.47. The summed E-state index contributed by atoms with van der Waals surface area (Å²) < 4.78 is 22.2. The van der Waals surface area contributed by atoms with E-state index in [4.69, 9.17) is 18.6 Å². The number of hydrogen-bond acceptors (Lipinski definition) is 6. The van der Waals surface area contributed by atoms with E-state index in [2.05, 4.69) is 0 Å². The molecule has 1 N–H and O–H groups in total. The Labute approximate surface area is 172 Å². The summed E-state index contributed by atoms with van der Waals surface area (Å²) in [5.41, 5.74) is 3.29. The van der Waals surface area contributed by atoms with E-state index in [9.17, 15) is 9.90 Å². The minimum absolute atomic E-state index is 0.141. The van der Waals surface area contributed by atoms with Crippen LogP contribution in [0.2, 0.25) is 0 Å². The number of phenolic OH excluding ortho intramolecular Hbond substituents is 1. The fourth-order valence-electron chi connectivity index (χ4n) is 3.99. The molecular formula is C24H18O6. The summed E-state index contributed by atoms with van der Waals surface area (Å²) in [7, 11) is 4.65.